The molecule has 0 aromatic heterocycles. The standard InChI is InChI=1S/C26H26FN3O5/c1-14-13-26(2,3)29(4)21-12-19(27)15(9-17(14)21)10-18-23(31)28-25(33)30(24(18)32)20-8-7-16(34-5)11-22(20)35-6/h7-13H,1-6H3,(H,28,31,33)/b18-10-. The minimum Gasteiger partial charge on any atom is -0.497 e. The van der Waals surface area contributed by atoms with Crippen molar-refractivity contribution in [1.82, 2.24) is 5.32 Å². The van der Waals surface area contributed by atoms with Crippen molar-refractivity contribution >= 4 is 40.9 Å². The molecule has 0 spiro atoms. The number of methoxy groups -OCH3 is 2. The number of amides is 4. The van der Waals surface area contributed by atoms with Crippen LogP contribution in [-0.4, -0.2) is 44.7 Å². The first-order valence-corrected chi connectivity index (χ1v) is 10.9. The number of imide groups is 2. The number of likely N-dealkylation sites (N-methyl/N-ethyl adjacent to an activating group) is 1. The highest BCUT2D eigenvalue weighted by molar-refractivity contribution is 6.39. The van der Waals surface area contributed by atoms with Gasteiger partial charge in [-0.15, -0.1) is 0 Å². The molecule has 4 amide bonds. The molecule has 0 saturated carbocycles. The zero-order valence-electron chi connectivity index (χ0n) is 20.4. The largest absolute Gasteiger partial charge is 0.497 e. The van der Waals surface area contributed by atoms with E-state index in [1.807, 2.05) is 32.7 Å². The molecule has 1 saturated heterocycles. The van der Waals surface area contributed by atoms with Crippen molar-refractivity contribution < 1.29 is 28.2 Å². The van der Waals surface area contributed by atoms with E-state index >= 15 is 4.39 Å². The third kappa shape index (κ3) is 4.03. The van der Waals surface area contributed by atoms with E-state index in [9.17, 15) is 14.4 Å². The Morgan fingerprint density at radius 1 is 1.03 bits per heavy atom. The number of nitrogens with one attached hydrogen (secondary N) is 1. The number of urea groups is 1. The highest BCUT2D eigenvalue weighted by Gasteiger charge is 2.38. The Morgan fingerprint density at radius 2 is 1.74 bits per heavy atom. The van der Waals surface area contributed by atoms with Crippen LogP contribution in [0, 0.1) is 5.82 Å². The SMILES string of the molecule is COc1ccc(N2C(=O)NC(=O)/C(=C/c3cc4c(cc3F)N(C)C(C)(C)C=C4C)C2=O)c(OC)c1. The third-order valence-electron chi connectivity index (χ3n) is 6.36. The van der Waals surface area contributed by atoms with Crippen molar-refractivity contribution in [2.45, 2.75) is 26.3 Å². The van der Waals surface area contributed by atoms with Crippen LogP contribution in [0.25, 0.3) is 11.6 Å². The van der Waals surface area contributed by atoms with Gasteiger partial charge >= 0.3 is 6.03 Å². The topological polar surface area (TPSA) is 88.2 Å². The lowest BCUT2D eigenvalue weighted by Gasteiger charge is -2.40. The fourth-order valence-corrected chi connectivity index (χ4v) is 4.30. The number of hydrogen-bond donors (Lipinski definition) is 1. The molecule has 2 aromatic carbocycles. The van der Waals surface area contributed by atoms with Crippen molar-refractivity contribution in [3.63, 3.8) is 0 Å². The first-order valence-electron chi connectivity index (χ1n) is 10.9. The number of nitrogens with zero attached hydrogens (tertiary/aromatic N) is 2. The smallest absolute Gasteiger partial charge is 0.336 e. The van der Waals surface area contributed by atoms with Crippen LogP contribution >= 0.6 is 0 Å². The van der Waals surface area contributed by atoms with E-state index < -0.39 is 23.7 Å². The summed E-state index contributed by atoms with van der Waals surface area (Å²) < 4.78 is 25.7. The van der Waals surface area contributed by atoms with Crippen molar-refractivity contribution in [2.24, 2.45) is 0 Å². The second-order valence-corrected chi connectivity index (χ2v) is 8.93. The Kier molecular flexibility index (Phi) is 5.88. The van der Waals surface area contributed by atoms with Crippen molar-refractivity contribution in [3.8, 4) is 11.5 Å². The number of carbonyl (C=O) groups is 3. The summed E-state index contributed by atoms with van der Waals surface area (Å²) in [4.78, 5) is 41.3. The predicted molar refractivity (Wildman–Crippen MR) is 131 cm³/mol. The quantitative estimate of drug-likeness (QED) is 0.524. The number of anilines is 2. The Hall–Kier alpha value is -4.14. The van der Waals surface area contributed by atoms with Crippen LogP contribution in [0.5, 0.6) is 11.5 Å². The van der Waals surface area contributed by atoms with Gasteiger partial charge in [-0.05, 0) is 56.7 Å². The van der Waals surface area contributed by atoms with Gasteiger partial charge in [0.25, 0.3) is 11.8 Å². The lowest BCUT2D eigenvalue weighted by Crippen LogP contribution is -2.54. The molecule has 9 heteroatoms. The van der Waals surface area contributed by atoms with Crippen LogP contribution in [0.2, 0.25) is 0 Å². The van der Waals surface area contributed by atoms with Crippen LogP contribution in [0.4, 0.5) is 20.6 Å². The number of carbonyl (C=O) groups excluding carboxylic acids is 3. The number of ether oxygens (including phenoxy) is 2. The van der Waals surface area contributed by atoms with Crippen LogP contribution < -0.4 is 24.6 Å². The molecule has 8 nitrogen and oxygen atoms in total. The monoisotopic (exact) mass is 479 g/mol. The molecule has 1 fully saturated rings. The lowest BCUT2D eigenvalue weighted by atomic mass is 9.88. The highest BCUT2D eigenvalue weighted by Crippen LogP contribution is 2.40. The van der Waals surface area contributed by atoms with Gasteiger partial charge < -0.3 is 14.4 Å². The summed E-state index contributed by atoms with van der Waals surface area (Å²) in [5.41, 5.74) is 1.92. The maximum absolute atomic E-state index is 15.2. The summed E-state index contributed by atoms with van der Waals surface area (Å²) in [6.45, 7) is 5.98. The number of hydrogen-bond acceptors (Lipinski definition) is 6. The third-order valence-corrected chi connectivity index (χ3v) is 6.36. The summed E-state index contributed by atoms with van der Waals surface area (Å²) in [5.74, 6) is -1.76. The maximum Gasteiger partial charge on any atom is 0.336 e. The molecule has 0 atom stereocenters. The minimum atomic E-state index is -0.936. The van der Waals surface area contributed by atoms with Gasteiger partial charge in [-0.3, -0.25) is 14.9 Å². The molecular weight excluding hydrogens is 453 g/mol. The van der Waals surface area contributed by atoms with Crippen molar-refractivity contribution in [3.05, 3.63) is 58.9 Å². The van der Waals surface area contributed by atoms with Gasteiger partial charge in [0.05, 0.1) is 25.4 Å². The van der Waals surface area contributed by atoms with Crippen LogP contribution in [0.15, 0.2) is 42.0 Å². The van der Waals surface area contributed by atoms with E-state index in [4.69, 9.17) is 9.47 Å². The molecule has 1 N–H and O–H groups in total. The number of rotatable bonds is 4. The van der Waals surface area contributed by atoms with Crippen LogP contribution in [0.3, 0.4) is 0 Å². The molecule has 35 heavy (non-hydrogen) atoms. The van der Waals surface area contributed by atoms with E-state index in [-0.39, 0.29) is 28.1 Å². The fourth-order valence-electron chi connectivity index (χ4n) is 4.30. The van der Waals surface area contributed by atoms with E-state index in [0.717, 1.165) is 22.1 Å². The number of halogens is 1. The van der Waals surface area contributed by atoms with Gasteiger partial charge in [0.2, 0.25) is 0 Å². The first kappa shape index (κ1) is 24.0. The van der Waals surface area contributed by atoms with Gasteiger partial charge in [0.1, 0.15) is 22.9 Å². The Balaban J connectivity index is 1.80. The summed E-state index contributed by atoms with van der Waals surface area (Å²) >= 11 is 0. The number of allylic oxidation sites excluding steroid dienone is 1. The number of fused-ring (bicyclic) bond motifs is 1. The molecule has 2 aliphatic rings. The van der Waals surface area contributed by atoms with Gasteiger partial charge in [-0.25, -0.2) is 14.1 Å². The second-order valence-electron chi connectivity index (χ2n) is 8.93. The molecule has 0 aliphatic carbocycles. The Labute approximate surface area is 202 Å². The predicted octanol–water partition coefficient (Wildman–Crippen LogP) is 4.14. The Morgan fingerprint density at radius 3 is 2.40 bits per heavy atom. The molecule has 2 aliphatic heterocycles. The fraction of sp³-hybridized carbons (Fsp3) is 0.269. The van der Waals surface area contributed by atoms with E-state index in [1.165, 1.54) is 32.4 Å². The highest BCUT2D eigenvalue weighted by atomic mass is 19.1. The summed E-state index contributed by atoms with van der Waals surface area (Å²) in [5, 5.41) is 2.15. The average molecular weight is 480 g/mol. The van der Waals surface area contributed by atoms with Gasteiger partial charge in [0.15, 0.2) is 0 Å². The average Bonchev–Trinajstić information content (AvgIpc) is 2.80. The van der Waals surface area contributed by atoms with Crippen LogP contribution in [-0.2, 0) is 9.59 Å². The van der Waals surface area contributed by atoms with Crippen molar-refractivity contribution in [2.75, 3.05) is 31.1 Å². The van der Waals surface area contributed by atoms with Crippen molar-refractivity contribution in [1.29, 1.82) is 0 Å². The van der Waals surface area contributed by atoms with Gasteiger partial charge in [0, 0.05) is 29.9 Å². The van der Waals surface area contributed by atoms with Crippen LogP contribution in [0.1, 0.15) is 31.9 Å². The molecular formula is C26H26FN3O5. The number of barbiturate groups is 1. The summed E-state index contributed by atoms with van der Waals surface area (Å²) in [7, 11) is 4.72. The Bertz CT molecular complexity index is 1330. The maximum atomic E-state index is 15.2. The number of benzene rings is 2. The van der Waals surface area contributed by atoms with Gasteiger partial charge in [-0.2, -0.15) is 0 Å². The molecule has 182 valence electrons. The molecule has 2 heterocycles. The first-order chi connectivity index (χ1) is 16.5. The zero-order chi connectivity index (χ0) is 25.7. The summed E-state index contributed by atoms with van der Waals surface area (Å²) in [6.07, 6.45) is 3.23. The second kappa shape index (κ2) is 8.57. The summed E-state index contributed by atoms with van der Waals surface area (Å²) in [6, 6.07) is 6.58. The molecule has 0 radical (unpaired) electrons. The lowest BCUT2D eigenvalue weighted by molar-refractivity contribution is -0.122. The normalized spacial score (nSPS) is 18.3. The molecule has 2 aromatic rings. The molecule has 0 bridgehead atoms. The zero-order valence-corrected chi connectivity index (χ0v) is 20.4. The van der Waals surface area contributed by atoms with Gasteiger partial charge in [-0.1, -0.05) is 6.08 Å². The van der Waals surface area contributed by atoms with E-state index in [2.05, 4.69) is 11.4 Å². The van der Waals surface area contributed by atoms with E-state index in [0.29, 0.717) is 11.4 Å². The van der Waals surface area contributed by atoms with E-state index in [1.54, 1.807) is 12.1 Å². The minimum absolute atomic E-state index is 0.0547. The molecule has 4 rings (SSSR count). The molecule has 0 unspecified atom stereocenters.